The van der Waals surface area contributed by atoms with Crippen molar-refractivity contribution in [2.45, 2.75) is 71.5 Å². The topological polar surface area (TPSA) is 270 Å². The number of benzene rings is 1. The number of primary amides is 2. The number of ether oxygens (including phenoxy) is 1. The molecule has 1 aromatic rings. The maximum Gasteiger partial charge on any atom is 0.524 e. The number of carbonyl (C=O) groups is 6. The van der Waals surface area contributed by atoms with Gasteiger partial charge in [-0.1, -0.05) is 26.0 Å². The lowest BCUT2D eigenvalue weighted by Gasteiger charge is -2.29. The fraction of sp³-hybridized carbons (Fsp3) is 0.571. The zero-order chi connectivity index (χ0) is 35.0. The van der Waals surface area contributed by atoms with Crippen LogP contribution < -0.4 is 31.9 Å². The van der Waals surface area contributed by atoms with Gasteiger partial charge >= 0.3 is 7.82 Å². The van der Waals surface area contributed by atoms with Crippen molar-refractivity contribution in [3.63, 3.8) is 0 Å². The maximum atomic E-state index is 13.7. The maximum absolute atomic E-state index is 13.7. The molecule has 6 amide bonds. The molecule has 0 aliphatic rings. The predicted octanol–water partition coefficient (Wildman–Crippen LogP) is -1.16. The van der Waals surface area contributed by atoms with Gasteiger partial charge in [0.05, 0.1) is 13.2 Å². The van der Waals surface area contributed by atoms with Gasteiger partial charge in [0, 0.05) is 32.9 Å². The third-order valence-corrected chi connectivity index (χ3v) is 6.77. The molecule has 0 aromatic heterocycles. The van der Waals surface area contributed by atoms with Crippen molar-refractivity contribution in [1.82, 2.24) is 20.9 Å². The van der Waals surface area contributed by atoms with Crippen LogP contribution in [0.3, 0.4) is 0 Å². The van der Waals surface area contributed by atoms with Gasteiger partial charge in [-0.2, -0.15) is 0 Å². The van der Waals surface area contributed by atoms with Crippen LogP contribution in [-0.2, 0) is 44.5 Å². The van der Waals surface area contributed by atoms with E-state index in [0.717, 1.165) is 4.90 Å². The van der Waals surface area contributed by atoms with Crippen LogP contribution in [-0.4, -0.2) is 94.6 Å². The van der Waals surface area contributed by atoms with Crippen molar-refractivity contribution in [2.75, 3.05) is 26.3 Å². The predicted molar refractivity (Wildman–Crippen MR) is 164 cm³/mol. The Balaban J connectivity index is 3.24. The van der Waals surface area contributed by atoms with Gasteiger partial charge in [-0.25, -0.2) is 4.57 Å². The molecule has 258 valence electrons. The van der Waals surface area contributed by atoms with Gasteiger partial charge in [-0.3, -0.25) is 38.6 Å². The minimum Gasteiger partial charge on any atom is -0.404 e. The van der Waals surface area contributed by atoms with E-state index in [0.29, 0.717) is 12.2 Å². The molecule has 0 aliphatic carbocycles. The van der Waals surface area contributed by atoms with Gasteiger partial charge in [0.1, 0.15) is 23.9 Å². The molecule has 0 bridgehead atoms. The van der Waals surface area contributed by atoms with Gasteiger partial charge in [-0.15, -0.1) is 0 Å². The Morgan fingerprint density at radius 1 is 0.957 bits per heavy atom. The number of phosphoric acid groups is 1. The molecule has 9 N–H and O–H groups in total. The summed E-state index contributed by atoms with van der Waals surface area (Å²) < 4.78 is 20.9. The van der Waals surface area contributed by atoms with Crippen LogP contribution >= 0.6 is 7.82 Å². The minimum absolute atomic E-state index is 0.0319. The largest absolute Gasteiger partial charge is 0.524 e. The van der Waals surface area contributed by atoms with E-state index >= 15 is 0 Å². The van der Waals surface area contributed by atoms with E-state index in [-0.39, 0.29) is 50.5 Å². The molecule has 0 heterocycles. The molecular weight excluding hydrogens is 627 g/mol. The smallest absolute Gasteiger partial charge is 0.404 e. The Bertz CT molecular complexity index is 1250. The van der Waals surface area contributed by atoms with Gasteiger partial charge in [0.2, 0.25) is 35.4 Å². The molecule has 3 atom stereocenters. The monoisotopic (exact) mass is 672 g/mol. The van der Waals surface area contributed by atoms with Gasteiger partial charge in [0.15, 0.2) is 0 Å². The number of carbonyl (C=O) groups excluding carboxylic acids is 6. The summed E-state index contributed by atoms with van der Waals surface area (Å²) in [6.45, 7) is 6.36. The van der Waals surface area contributed by atoms with E-state index < -0.39 is 67.9 Å². The van der Waals surface area contributed by atoms with Gasteiger partial charge in [-0.05, 0) is 43.4 Å². The molecule has 17 nitrogen and oxygen atoms in total. The van der Waals surface area contributed by atoms with Crippen molar-refractivity contribution in [2.24, 2.45) is 17.4 Å². The summed E-state index contributed by atoms with van der Waals surface area (Å²) in [5.74, 6) is -4.38. The van der Waals surface area contributed by atoms with Crippen LogP contribution in [0.15, 0.2) is 24.3 Å². The molecule has 0 saturated carbocycles. The number of phosphoric ester groups is 1. The number of amides is 6. The fourth-order valence-electron chi connectivity index (χ4n) is 4.27. The first-order chi connectivity index (χ1) is 21.4. The van der Waals surface area contributed by atoms with E-state index in [4.69, 9.17) is 26.0 Å². The van der Waals surface area contributed by atoms with Crippen LogP contribution in [0.4, 0.5) is 0 Å². The highest BCUT2D eigenvalue weighted by Gasteiger charge is 2.31. The quantitative estimate of drug-likeness (QED) is 0.0604. The van der Waals surface area contributed by atoms with Gasteiger partial charge in [0.25, 0.3) is 0 Å². The van der Waals surface area contributed by atoms with E-state index in [1.165, 1.54) is 31.2 Å². The van der Waals surface area contributed by atoms with Crippen molar-refractivity contribution < 1.29 is 52.4 Å². The lowest BCUT2D eigenvalue weighted by molar-refractivity contribution is -0.141. The molecule has 46 heavy (non-hydrogen) atoms. The molecule has 0 radical (unpaired) electrons. The van der Waals surface area contributed by atoms with Crippen molar-refractivity contribution >= 4 is 43.3 Å². The van der Waals surface area contributed by atoms with Crippen LogP contribution in [0.25, 0.3) is 0 Å². The number of rotatable bonds is 21. The molecule has 0 fully saturated rings. The summed E-state index contributed by atoms with van der Waals surface area (Å²) in [5.41, 5.74) is 11.2. The summed E-state index contributed by atoms with van der Waals surface area (Å²) in [4.78, 5) is 94.6. The van der Waals surface area contributed by atoms with Crippen LogP contribution in [0.5, 0.6) is 5.75 Å². The number of hydrogen-bond acceptors (Lipinski definition) is 9. The lowest BCUT2D eigenvalue weighted by atomic mass is 10.0. The number of hydrogen-bond donors (Lipinski definition) is 7. The Labute approximate surface area is 267 Å². The Morgan fingerprint density at radius 2 is 1.59 bits per heavy atom. The molecule has 0 spiro atoms. The second-order valence-electron chi connectivity index (χ2n) is 10.9. The standard InChI is InChI=1S/C28H45N6O11P/c1-5-44-13-12-34(16-25(37)32-22(26(30)38)14-17(2)3)28(40)21(10-11-24(29)36)33-27(39)23(31-18(4)35)15-19-6-8-20(9-7-19)45-46(41,42)43/h6-9,17,21-23H,5,10-16H2,1-4H3,(H2,29,36)(H2,30,38)(H,31,35)(H,32,37)(H,33,39)(H2,41,42,43)/t21-,22-,23-/m0/s1. The summed E-state index contributed by atoms with van der Waals surface area (Å²) in [7, 11) is -4.79. The van der Waals surface area contributed by atoms with Gasteiger partial charge < -0.3 is 41.6 Å². The highest BCUT2D eigenvalue weighted by Crippen LogP contribution is 2.37. The Kier molecular flexibility index (Phi) is 16.9. The minimum atomic E-state index is -4.79. The molecule has 0 saturated heterocycles. The first kappa shape index (κ1) is 40.0. The molecule has 18 heteroatoms. The van der Waals surface area contributed by atoms with Crippen molar-refractivity contribution in [3.8, 4) is 5.75 Å². The average molecular weight is 673 g/mol. The molecular formula is C28H45N6O11P. The first-order valence-corrected chi connectivity index (χ1v) is 16.1. The summed E-state index contributed by atoms with van der Waals surface area (Å²) >= 11 is 0. The van der Waals surface area contributed by atoms with Crippen LogP contribution in [0, 0.1) is 5.92 Å². The van der Waals surface area contributed by atoms with E-state index in [2.05, 4.69) is 20.5 Å². The summed E-state index contributed by atoms with van der Waals surface area (Å²) in [6, 6.07) is 1.83. The SMILES string of the molecule is CCOCCN(CC(=O)N[C@@H](CC(C)C)C(N)=O)C(=O)[C@H](CCC(N)=O)NC(=O)[C@H](Cc1ccc(OP(=O)(O)O)cc1)NC(C)=O. The van der Waals surface area contributed by atoms with Crippen molar-refractivity contribution in [1.29, 1.82) is 0 Å². The Hall–Kier alpha value is -4.05. The average Bonchev–Trinajstić information content (AvgIpc) is 2.93. The van der Waals surface area contributed by atoms with E-state index in [1.54, 1.807) is 6.92 Å². The second kappa shape index (κ2) is 19.5. The normalized spacial score (nSPS) is 13.2. The van der Waals surface area contributed by atoms with Crippen molar-refractivity contribution in [3.05, 3.63) is 29.8 Å². The number of nitrogens with one attached hydrogen (secondary N) is 3. The second-order valence-corrected chi connectivity index (χ2v) is 12.0. The van der Waals surface area contributed by atoms with E-state index in [1.807, 2.05) is 13.8 Å². The lowest BCUT2D eigenvalue weighted by Crippen LogP contribution is -2.57. The first-order valence-electron chi connectivity index (χ1n) is 14.6. The summed E-state index contributed by atoms with van der Waals surface area (Å²) in [5, 5.41) is 7.56. The number of nitrogens with zero attached hydrogens (tertiary/aromatic N) is 1. The fourth-order valence-corrected chi connectivity index (χ4v) is 4.66. The third-order valence-electron chi connectivity index (χ3n) is 6.32. The highest BCUT2D eigenvalue weighted by molar-refractivity contribution is 7.46. The van der Waals surface area contributed by atoms with Crippen LogP contribution in [0.1, 0.15) is 52.5 Å². The van der Waals surface area contributed by atoms with E-state index in [9.17, 15) is 33.3 Å². The molecule has 1 rings (SSSR count). The Morgan fingerprint density at radius 3 is 2.09 bits per heavy atom. The highest BCUT2D eigenvalue weighted by atomic mass is 31.2. The summed E-state index contributed by atoms with van der Waals surface area (Å²) in [6.07, 6.45) is -0.356. The third kappa shape index (κ3) is 16.3. The zero-order valence-corrected chi connectivity index (χ0v) is 27.3. The molecule has 0 aliphatic heterocycles. The van der Waals surface area contributed by atoms with Crippen LogP contribution in [0.2, 0.25) is 0 Å². The molecule has 0 unspecified atom stereocenters. The number of nitrogens with two attached hydrogens (primary N) is 2. The zero-order valence-electron chi connectivity index (χ0n) is 26.4. The molecule has 1 aromatic carbocycles.